The van der Waals surface area contributed by atoms with E-state index in [1.54, 1.807) is 0 Å². The zero-order valence-corrected chi connectivity index (χ0v) is 15.7. The van der Waals surface area contributed by atoms with Crippen LogP contribution in [0.5, 0.6) is 0 Å². The monoisotopic (exact) mass is 464 g/mol. The maximum Gasteiger partial charge on any atom is 0.335 e. The van der Waals surface area contributed by atoms with E-state index in [9.17, 15) is 9.59 Å². The molecule has 25 heavy (non-hydrogen) atoms. The van der Waals surface area contributed by atoms with Crippen LogP contribution in [-0.2, 0) is 19.5 Å². The van der Waals surface area contributed by atoms with Gasteiger partial charge in [-0.3, -0.25) is 9.97 Å². The Morgan fingerprint density at radius 1 is 0.880 bits per heavy atom. The number of nitrogens with zero attached hydrogens (tertiary/aromatic N) is 4. The molecule has 0 saturated heterocycles. The second kappa shape index (κ2) is 13.9. The van der Waals surface area contributed by atoms with Crippen LogP contribution in [-0.4, -0.2) is 32.1 Å². The predicted molar refractivity (Wildman–Crippen MR) is 90.6 cm³/mol. The maximum atomic E-state index is 10.8. The number of thiocyanates is 2. The van der Waals surface area contributed by atoms with Crippen molar-refractivity contribution in [3.05, 3.63) is 47.8 Å². The molecule has 11 heteroatoms. The molecule has 0 unspecified atom stereocenters. The number of aromatic nitrogens is 2. The minimum absolute atomic E-state index is 0. The van der Waals surface area contributed by atoms with Crippen LogP contribution in [0, 0.1) is 21.3 Å². The Hall–Kier alpha value is -2.46. The molecule has 0 aliphatic rings. The first-order valence-electron chi connectivity index (χ1n) is 5.86. The molecule has 130 valence electrons. The van der Waals surface area contributed by atoms with Gasteiger partial charge in [0.1, 0.15) is 10.8 Å². The van der Waals surface area contributed by atoms with Crippen LogP contribution in [0.4, 0.5) is 0 Å². The summed E-state index contributed by atoms with van der Waals surface area (Å²) in [6.45, 7) is 0. The molecule has 0 spiro atoms. The van der Waals surface area contributed by atoms with Crippen molar-refractivity contribution in [1.82, 2.24) is 9.97 Å². The first-order valence-corrected chi connectivity index (χ1v) is 6.76. The van der Waals surface area contributed by atoms with Crippen molar-refractivity contribution in [1.29, 1.82) is 10.5 Å². The summed E-state index contributed by atoms with van der Waals surface area (Å²) < 4.78 is 0. The van der Waals surface area contributed by atoms with Gasteiger partial charge in [-0.15, -0.1) is 0 Å². The van der Waals surface area contributed by atoms with Crippen molar-refractivity contribution in [3.63, 3.8) is 0 Å². The van der Waals surface area contributed by atoms with Crippen LogP contribution in [0.3, 0.4) is 0 Å². The molecule has 2 aromatic rings. The fourth-order valence-electron chi connectivity index (χ4n) is 1.41. The molecule has 0 radical (unpaired) electrons. The fraction of sp³-hybridized carbons (Fsp3) is 0. The third kappa shape index (κ3) is 9.43. The molecular weight excluding hydrogens is 453 g/mol. The Morgan fingerprint density at radius 3 is 1.40 bits per heavy atom. The molecule has 2 heterocycles. The van der Waals surface area contributed by atoms with Gasteiger partial charge in [-0.25, -0.2) is 9.59 Å². The van der Waals surface area contributed by atoms with Crippen LogP contribution in [0.1, 0.15) is 20.7 Å². The third-order valence-corrected chi connectivity index (χ3v) is 2.28. The van der Waals surface area contributed by atoms with Gasteiger partial charge >= 0.3 is 11.9 Å². The van der Waals surface area contributed by atoms with E-state index in [2.05, 4.69) is 35.2 Å². The van der Waals surface area contributed by atoms with E-state index in [1.807, 2.05) is 0 Å². The van der Waals surface area contributed by atoms with E-state index >= 15 is 0 Å². The Morgan fingerprint density at radius 2 is 1.16 bits per heavy atom. The van der Waals surface area contributed by atoms with E-state index in [4.69, 9.17) is 20.7 Å². The Kier molecular flexibility index (Phi) is 13.8. The van der Waals surface area contributed by atoms with Crippen molar-refractivity contribution < 1.29 is 39.3 Å². The molecule has 2 aromatic heterocycles. The summed E-state index contributed by atoms with van der Waals surface area (Å²) in [6, 6.07) is 5.40. The molecule has 8 nitrogen and oxygen atoms in total. The van der Waals surface area contributed by atoms with Gasteiger partial charge in [0.2, 0.25) is 0 Å². The molecular formula is C14H10N4O4RuS2. The predicted octanol–water partition coefficient (Wildman–Crippen LogP) is 2.33. The zero-order chi connectivity index (χ0) is 18.5. The summed E-state index contributed by atoms with van der Waals surface area (Å²) in [7, 11) is 0. The first kappa shape index (κ1) is 24.8. The van der Waals surface area contributed by atoms with Gasteiger partial charge in [-0.05, 0) is 24.3 Å². The standard InChI is InChI=1S/C12H8N2O4.2CHNS.Ru/c15-11(16)7-1-3-13-9(5-7)10-6-8(12(17)18)2-4-14-10;2*2-1-3;/h1-6H,(H,15,16)(H,17,18);2*3H;. The fourth-order valence-corrected chi connectivity index (χ4v) is 1.41. The van der Waals surface area contributed by atoms with E-state index in [-0.39, 0.29) is 30.6 Å². The average Bonchev–Trinajstić information content (AvgIpc) is 2.56. The number of nitriles is 2. The summed E-state index contributed by atoms with van der Waals surface area (Å²) in [4.78, 5) is 29.6. The van der Waals surface area contributed by atoms with E-state index < -0.39 is 11.9 Å². The molecule has 0 fully saturated rings. The number of pyridine rings is 2. The summed E-state index contributed by atoms with van der Waals surface area (Å²) in [5, 5.41) is 35.0. The quantitative estimate of drug-likeness (QED) is 0.308. The van der Waals surface area contributed by atoms with E-state index in [0.29, 0.717) is 11.4 Å². The third-order valence-electron chi connectivity index (χ3n) is 2.28. The second-order valence-corrected chi connectivity index (χ2v) is 4.07. The van der Waals surface area contributed by atoms with Crippen LogP contribution in [0.2, 0.25) is 0 Å². The van der Waals surface area contributed by atoms with Crippen LogP contribution < -0.4 is 0 Å². The van der Waals surface area contributed by atoms with E-state index in [0.717, 1.165) is 0 Å². The first-order chi connectivity index (χ1) is 11.4. The van der Waals surface area contributed by atoms with Gasteiger partial charge in [-0.1, -0.05) is 25.3 Å². The SMILES string of the molecule is N#CS.N#CS.O=C(O)c1ccnc(-c2cc(C(=O)O)ccn2)c1.[Ru]. The van der Waals surface area contributed by atoms with Gasteiger partial charge in [0, 0.05) is 31.9 Å². The minimum atomic E-state index is -1.08. The molecule has 2 N–H and O–H groups in total. The summed E-state index contributed by atoms with van der Waals surface area (Å²) >= 11 is 6.19. The average molecular weight is 463 g/mol. The van der Waals surface area contributed by atoms with Crippen LogP contribution >= 0.6 is 25.3 Å². The summed E-state index contributed by atoms with van der Waals surface area (Å²) in [6.07, 6.45) is 2.68. The molecule has 0 atom stereocenters. The molecule has 0 saturated carbocycles. The smallest absolute Gasteiger partial charge is 0.335 e. The zero-order valence-electron chi connectivity index (χ0n) is 12.2. The number of hydrogen-bond acceptors (Lipinski definition) is 8. The number of carboxylic acids is 2. The molecule has 0 aliphatic carbocycles. The van der Waals surface area contributed by atoms with Gasteiger partial charge < -0.3 is 10.2 Å². The van der Waals surface area contributed by atoms with Crippen molar-refractivity contribution in [2.75, 3.05) is 0 Å². The number of carbonyl (C=O) groups is 2. The number of aromatic carboxylic acids is 2. The second-order valence-electron chi connectivity index (χ2n) is 3.67. The normalized spacial score (nSPS) is 7.84. The summed E-state index contributed by atoms with van der Waals surface area (Å²) in [5.74, 6) is -2.15. The minimum Gasteiger partial charge on any atom is -0.478 e. The van der Waals surface area contributed by atoms with Gasteiger partial charge in [-0.2, -0.15) is 10.5 Å². The van der Waals surface area contributed by atoms with Crippen LogP contribution in [0.25, 0.3) is 11.4 Å². The van der Waals surface area contributed by atoms with Crippen molar-refractivity contribution in [2.45, 2.75) is 0 Å². The molecule has 0 aliphatic heterocycles. The number of rotatable bonds is 3. The molecule has 2 rings (SSSR count). The topological polar surface area (TPSA) is 148 Å². The van der Waals surface area contributed by atoms with Gasteiger partial charge in [0.25, 0.3) is 0 Å². The molecule has 0 bridgehead atoms. The molecule has 0 amide bonds. The largest absolute Gasteiger partial charge is 0.478 e. The maximum absolute atomic E-state index is 10.8. The number of thiol groups is 2. The number of hydrogen-bond donors (Lipinski definition) is 4. The Labute approximate surface area is 166 Å². The van der Waals surface area contributed by atoms with Crippen molar-refractivity contribution in [2.24, 2.45) is 0 Å². The van der Waals surface area contributed by atoms with Crippen molar-refractivity contribution >= 4 is 37.2 Å². The summed E-state index contributed by atoms with van der Waals surface area (Å²) in [5.41, 5.74) is 0.779. The van der Waals surface area contributed by atoms with E-state index in [1.165, 1.54) is 47.5 Å². The van der Waals surface area contributed by atoms with Crippen molar-refractivity contribution in [3.8, 4) is 22.2 Å². The van der Waals surface area contributed by atoms with Gasteiger partial charge in [0.15, 0.2) is 0 Å². The van der Waals surface area contributed by atoms with Gasteiger partial charge in [0.05, 0.1) is 22.5 Å². The Bertz CT molecular complexity index is 738. The Balaban J connectivity index is 0. The molecule has 0 aromatic carbocycles. The number of carboxylic acid groups (broad SMARTS) is 2. The van der Waals surface area contributed by atoms with Crippen LogP contribution in [0.15, 0.2) is 36.7 Å².